The van der Waals surface area contributed by atoms with Crippen molar-refractivity contribution in [1.29, 1.82) is 0 Å². The summed E-state index contributed by atoms with van der Waals surface area (Å²) in [6, 6.07) is 7.20. The first-order valence-electron chi connectivity index (χ1n) is 5.91. The summed E-state index contributed by atoms with van der Waals surface area (Å²) in [6.45, 7) is 5.47. The molecule has 0 aliphatic rings. The lowest BCUT2D eigenvalue weighted by molar-refractivity contribution is -0.147. The van der Waals surface area contributed by atoms with Crippen molar-refractivity contribution >= 4 is 17.4 Å². The lowest BCUT2D eigenvalue weighted by atomic mass is 9.90. The number of Topliss-reactive ketones (excluding diaryl/α,β-unsaturated/α-hetero) is 1. The third-order valence-electron chi connectivity index (χ3n) is 2.93. The normalized spacial score (nSPS) is 11.1. The molecule has 0 saturated heterocycles. The number of aliphatic carboxylic acids is 1. The van der Waals surface area contributed by atoms with Crippen molar-refractivity contribution in [2.75, 3.05) is 11.9 Å². The highest BCUT2D eigenvalue weighted by Crippen LogP contribution is 2.20. The van der Waals surface area contributed by atoms with E-state index in [9.17, 15) is 9.59 Å². The van der Waals surface area contributed by atoms with Crippen molar-refractivity contribution in [3.05, 3.63) is 29.8 Å². The van der Waals surface area contributed by atoms with Crippen molar-refractivity contribution < 1.29 is 14.7 Å². The van der Waals surface area contributed by atoms with Crippen LogP contribution in [-0.4, -0.2) is 23.4 Å². The highest BCUT2D eigenvalue weighted by Gasteiger charge is 2.26. The van der Waals surface area contributed by atoms with Gasteiger partial charge in [0.05, 0.1) is 5.41 Å². The predicted octanol–water partition coefficient (Wildman–Crippen LogP) is 2.80. The molecule has 1 aromatic rings. The second kappa shape index (κ2) is 5.67. The molecule has 1 rings (SSSR count). The average Bonchev–Trinajstić information content (AvgIpc) is 2.29. The van der Waals surface area contributed by atoms with Gasteiger partial charge in [0.25, 0.3) is 0 Å². The summed E-state index contributed by atoms with van der Waals surface area (Å²) in [6.07, 6.45) is 0.520. The van der Waals surface area contributed by atoms with E-state index in [4.69, 9.17) is 5.11 Å². The van der Waals surface area contributed by atoms with Crippen molar-refractivity contribution in [2.45, 2.75) is 27.2 Å². The molecule has 0 aromatic heterocycles. The van der Waals surface area contributed by atoms with Crippen LogP contribution in [-0.2, 0) is 4.79 Å². The van der Waals surface area contributed by atoms with Crippen molar-refractivity contribution in [3.8, 4) is 0 Å². The van der Waals surface area contributed by atoms with E-state index < -0.39 is 11.4 Å². The van der Waals surface area contributed by atoms with Crippen LogP contribution in [0.1, 0.15) is 37.6 Å². The van der Waals surface area contributed by atoms with E-state index in [1.54, 1.807) is 32.0 Å². The highest BCUT2D eigenvalue weighted by atomic mass is 16.4. The van der Waals surface area contributed by atoms with Crippen LogP contribution >= 0.6 is 0 Å². The Labute approximate surface area is 107 Å². The Morgan fingerprint density at radius 2 is 2.00 bits per heavy atom. The molecule has 0 bridgehead atoms. The molecule has 4 heteroatoms. The number of rotatable bonds is 6. The fourth-order valence-electron chi connectivity index (χ4n) is 1.47. The average molecular weight is 249 g/mol. The monoisotopic (exact) mass is 249 g/mol. The second-order valence-electron chi connectivity index (χ2n) is 5.00. The van der Waals surface area contributed by atoms with Crippen molar-refractivity contribution in [1.82, 2.24) is 0 Å². The van der Waals surface area contributed by atoms with E-state index in [0.717, 1.165) is 5.69 Å². The van der Waals surface area contributed by atoms with Gasteiger partial charge in [-0.15, -0.1) is 0 Å². The SMILES string of the molecule is CC(=O)c1cccc(NCCC(C)(C)C(=O)O)c1. The largest absolute Gasteiger partial charge is 0.481 e. The van der Waals surface area contributed by atoms with Gasteiger partial charge in [-0.05, 0) is 39.3 Å². The second-order valence-corrected chi connectivity index (χ2v) is 5.00. The Balaban J connectivity index is 2.57. The van der Waals surface area contributed by atoms with Gasteiger partial charge < -0.3 is 10.4 Å². The first kappa shape index (κ1) is 14.2. The van der Waals surface area contributed by atoms with Gasteiger partial charge in [-0.3, -0.25) is 9.59 Å². The maximum absolute atomic E-state index is 11.2. The summed E-state index contributed by atoms with van der Waals surface area (Å²) >= 11 is 0. The van der Waals surface area contributed by atoms with Gasteiger partial charge >= 0.3 is 5.97 Å². The van der Waals surface area contributed by atoms with Gasteiger partial charge in [0.2, 0.25) is 0 Å². The molecule has 0 saturated carbocycles. The molecule has 98 valence electrons. The van der Waals surface area contributed by atoms with Crippen LogP contribution in [0.4, 0.5) is 5.69 Å². The zero-order chi connectivity index (χ0) is 13.8. The molecule has 0 spiro atoms. The summed E-state index contributed by atoms with van der Waals surface area (Å²) in [7, 11) is 0. The molecule has 0 unspecified atom stereocenters. The summed E-state index contributed by atoms with van der Waals surface area (Å²) in [5.74, 6) is -0.786. The standard InChI is InChI=1S/C14H19NO3/c1-10(16)11-5-4-6-12(9-11)15-8-7-14(2,3)13(17)18/h4-6,9,15H,7-8H2,1-3H3,(H,17,18). The number of carboxylic acid groups (broad SMARTS) is 1. The number of nitrogens with one attached hydrogen (secondary N) is 1. The fourth-order valence-corrected chi connectivity index (χ4v) is 1.47. The van der Waals surface area contributed by atoms with Gasteiger partial charge in [-0.1, -0.05) is 12.1 Å². The molecule has 0 fully saturated rings. The van der Waals surface area contributed by atoms with Crippen LogP contribution in [0.25, 0.3) is 0 Å². The minimum atomic E-state index is -0.804. The molecular formula is C14H19NO3. The third kappa shape index (κ3) is 3.87. The number of ketones is 1. The molecule has 4 nitrogen and oxygen atoms in total. The molecule has 0 radical (unpaired) electrons. The highest BCUT2D eigenvalue weighted by molar-refractivity contribution is 5.94. The summed E-state index contributed by atoms with van der Waals surface area (Å²) in [5, 5.41) is 12.1. The Morgan fingerprint density at radius 1 is 1.33 bits per heavy atom. The lowest BCUT2D eigenvalue weighted by Crippen LogP contribution is -2.26. The van der Waals surface area contributed by atoms with Crippen LogP contribution in [0.3, 0.4) is 0 Å². The van der Waals surface area contributed by atoms with Crippen LogP contribution in [0.5, 0.6) is 0 Å². The summed E-state index contributed by atoms with van der Waals surface area (Å²) < 4.78 is 0. The summed E-state index contributed by atoms with van der Waals surface area (Å²) in [5.41, 5.74) is 0.743. The zero-order valence-electron chi connectivity index (χ0n) is 11.0. The number of anilines is 1. The van der Waals surface area contributed by atoms with E-state index in [1.165, 1.54) is 6.92 Å². The number of hydrogen-bond donors (Lipinski definition) is 2. The Hall–Kier alpha value is -1.84. The third-order valence-corrected chi connectivity index (χ3v) is 2.93. The Morgan fingerprint density at radius 3 is 2.56 bits per heavy atom. The van der Waals surface area contributed by atoms with E-state index in [2.05, 4.69) is 5.32 Å². The Bertz CT molecular complexity index is 452. The number of carboxylic acids is 1. The first-order chi connectivity index (χ1) is 8.33. The van der Waals surface area contributed by atoms with E-state index in [-0.39, 0.29) is 5.78 Å². The molecule has 0 amide bonds. The Kier molecular flexibility index (Phi) is 4.48. The molecule has 18 heavy (non-hydrogen) atoms. The first-order valence-corrected chi connectivity index (χ1v) is 5.91. The molecule has 1 aromatic carbocycles. The smallest absolute Gasteiger partial charge is 0.309 e. The maximum Gasteiger partial charge on any atom is 0.309 e. The predicted molar refractivity (Wildman–Crippen MR) is 71.0 cm³/mol. The quantitative estimate of drug-likeness (QED) is 0.761. The maximum atomic E-state index is 11.2. The number of carbonyl (C=O) groups excluding carboxylic acids is 1. The van der Waals surface area contributed by atoms with Gasteiger partial charge in [0.15, 0.2) is 5.78 Å². The van der Waals surface area contributed by atoms with Gasteiger partial charge in [0, 0.05) is 17.8 Å². The van der Waals surface area contributed by atoms with Crippen LogP contribution in [0.2, 0.25) is 0 Å². The molecule has 0 heterocycles. The minimum Gasteiger partial charge on any atom is -0.481 e. The topological polar surface area (TPSA) is 66.4 Å². The van der Waals surface area contributed by atoms with Gasteiger partial charge in [0.1, 0.15) is 0 Å². The lowest BCUT2D eigenvalue weighted by Gasteiger charge is -2.19. The number of benzene rings is 1. The van der Waals surface area contributed by atoms with E-state index in [1.807, 2.05) is 6.07 Å². The molecule has 0 aliphatic heterocycles. The van der Waals surface area contributed by atoms with E-state index in [0.29, 0.717) is 18.5 Å². The summed E-state index contributed by atoms with van der Waals surface area (Å²) in [4.78, 5) is 22.1. The van der Waals surface area contributed by atoms with Crippen LogP contribution < -0.4 is 5.32 Å². The minimum absolute atomic E-state index is 0.0181. The van der Waals surface area contributed by atoms with E-state index >= 15 is 0 Å². The molecule has 2 N–H and O–H groups in total. The fraction of sp³-hybridized carbons (Fsp3) is 0.429. The molecule has 0 aliphatic carbocycles. The van der Waals surface area contributed by atoms with Gasteiger partial charge in [-0.2, -0.15) is 0 Å². The zero-order valence-corrected chi connectivity index (χ0v) is 11.0. The van der Waals surface area contributed by atoms with Crippen molar-refractivity contribution in [2.24, 2.45) is 5.41 Å². The van der Waals surface area contributed by atoms with Gasteiger partial charge in [-0.25, -0.2) is 0 Å². The number of hydrogen-bond acceptors (Lipinski definition) is 3. The van der Waals surface area contributed by atoms with Crippen molar-refractivity contribution in [3.63, 3.8) is 0 Å². The van der Waals surface area contributed by atoms with Crippen LogP contribution in [0, 0.1) is 5.41 Å². The number of carbonyl (C=O) groups is 2. The van der Waals surface area contributed by atoms with Crippen LogP contribution in [0.15, 0.2) is 24.3 Å². The molecule has 0 atom stereocenters. The molecular weight excluding hydrogens is 230 g/mol.